The molecule has 0 aliphatic carbocycles. The van der Waals surface area contributed by atoms with Gasteiger partial charge >= 0.3 is 5.97 Å². The Kier molecular flexibility index (Phi) is 13.4. The van der Waals surface area contributed by atoms with E-state index in [9.17, 15) is 9.59 Å². The zero-order valence-electron chi connectivity index (χ0n) is 16.4. The number of halogens is 1. The van der Waals surface area contributed by atoms with Crippen LogP contribution in [0.1, 0.15) is 45.4 Å². The number of unbranched alkanes of at least 4 members (excludes halogenated alkanes) is 5. The predicted molar refractivity (Wildman–Crippen MR) is 101 cm³/mol. The summed E-state index contributed by atoms with van der Waals surface area (Å²) in [6, 6.07) is 0. The average molecular weight is 431 g/mol. The van der Waals surface area contributed by atoms with Gasteiger partial charge < -0.3 is 31.1 Å². The molecule has 0 atom stereocenters. The van der Waals surface area contributed by atoms with E-state index in [1.807, 2.05) is 17.1 Å². The smallest absolute Gasteiger partial charge is 0.302 e. The number of allylic oxidation sites excluding steroid dienone is 1. The number of esters is 1. The Labute approximate surface area is 169 Å². The van der Waals surface area contributed by atoms with E-state index in [2.05, 4.69) is 13.6 Å². The van der Waals surface area contributed by atoms with Gasteiger partial charge in [-0.2, -0.15) is 0 Å². The molecule has 1 fully saturated rings. The minimum absolute atomic E-state index is 0. The molecule has 1 rings (SSSR count). The first kappa shape index (κ1) is 24.9. The number of nitrogens with zero attached hydrogens (tertiary/aromatic N) is 2. The summed E-state index contributed by atoms with van der Waals surface area (Å²) in [5.74, 6) is -0.0565. The number of quaternary nitrogens is 1. The molecule has 1 saturated heterocycles. The molecule has 0 saturated carbocycles. The number of ether oxygens (including phenoxy) is 1. The lowest BCUT2D eigenvalue weighted by molar-refractivity contribution is -0.907. The van der Waals surface area contributed by atoms with Crippen molar-refractivity contribution in [3.63, 3.8) is 0 Å². The van der Waals surface area contributed by atoms with Crippen LogP contribution in [-0.4, -0.2) is 67.6 Å². The molecule has 1 amide bonds. The SMILES string of the molecule is C=CC[N+]1(C)CCN(C(=O)/C=C/CCCCCCCOC(C)=O)CC1.[Br-]. The summed E-state index contributed by atoms with van der Waals surface area (Å²) < 4.78 is 5.88. The van der Waals surface area contributed by atoms with Crippen LogP contribution in [0.5, 0.6) is 0 Å². The van der Waals surface area contributed by atoms with Gasteiger partial charge in [-0.25, -0.2) is 0 Å². The number of hydrogen-bond acceptors (Lipinski definition) is 3. The second-order valence-corrected chi connectivity index (χ2v) is 7.16. The van der Waals surface area contributed by atoms with Crippen molar-refractivity contribution in [2.75, 3.05) is 46.4 Å². The van der Waals surface area contributed by atoms with Crippen LogP contribution in [0, 0.1) is 0 Å². The van der Waals surface area contributed by atoms with Gasteiger partial charge in [-0.1, -0.05) is 31.9 Å². The van der Waals surface area contributed by atoms with E-state index in [1.54, 1.807) is 6.08 Å². The van der Waals surface area contributed by atoms with Crippen LogP contribution in [0.2, 0.25) is 0 Å². The molecule has 0 N–H and O–H groups in total. The maximum absolute atomic E-state index is 12.2. The third-order valence-electron chi connectivity index (χ3n) is 4.78. The maximum Gasteiger partial charge on any atom is 0.302 e. The second-order valence-electron chi connectivity index (χ2n) is 7.16. The van der Waals surface area contributed by atoms with Crippen molar-refractivity contribution in [3.8, 4) is 0 Å². The highest BCUT2D eigenvalue weighted by molar-refractivity contribution is 5.87. The van der Waals surface area contributed by atoms with Gasteiger partial charge in [-0.3, -0.25) is 9.59 Å². The van der Waals surface area contributed by atoms with Crippen LogP contribution in [0.4, 0.5) is 0 Å². The molecule has 5 nitrogen and oxygen atoms in total. The lowest BCUT2D eigenvalue weighted by Gasteiger charge is -2.41. The van der Waals surface area contributed by atoms with Gasteiger partial charge in [0.25, 0.3) is 0 Å². The molecule has 0 aromatic carbocycles. The standard InChI is InChI=1S/C20H35N2O3.BrH/c1-4-15-22(3)16-13-21(14-17-22)20(24)12-10-8-6-5-7-9-11-18-25-19(2)23;/h4,10,12H,1,5-9,11,13-18H2,2-3H3;1H/q+1;/p-1/b12-10+;. The normalized spacial score (nSPS) is 16.2. The number of carbonyl (C=O) groups is 2. The largest absolute Gasteiger partial charge is 1.00 e. The lowest BCUT2D eigenvalue weighted by atomic mass is 10.1. The van der Waals surface area contributed by atoms with Crippen LogP contribution in [0.3, 0.4) is 0 Å². The summed E-state index contributed by atoms with van der Waals surface area (Å²) in [4.78, 5) is 24.8. The molecule has 0 aromatic rings. The molecular weight excluding hydrogens is 396 g/mol. The van der Waals surface area contributed by atoms with E-state index in [0.717, 1.165) is 75.7 Å². The number of piperazine rings is 1. The van der Waals surface area contributed by atoms with Crippen molar-refractivity contribution in [3.05, 3.63) is 24.8 Å². The number of rotatable bonds is 11. The minimum atomic E-state index is -0.201. The van der Waals surface area contributed by atoms with Crippen molar-refractivity contribution in [1.29, 1.82) is 0 Å². The molecule has 0 spiro atoms. The molecule has 0 unspecified atom stereocenters. The van der Waals surface area contributed by atoms with Gasteiger partial charge in [0.05, 0.1) is 46.4 Å². The highest BCUT2D eigenvalue weighted by Gasteiger charge is 2.28. The molecule has 150 valence electrons. The predicted octanol–water partition coefficient (Wildman–Crippen LogP) is -0.0749. The van der Waals surface area contributed by atoms with Crippen molar-refractivity contribution < 1.29 is 35.8 Å². The van der Waals surface area contributed by atoms with Gasteiger partial charge in [-0.15, -0.1) is 0 Å². The Morgan fingerprint density at radius 2 is 1.73 bits per heavy atom. The Hall–Kier alpha value is -1.14. The third-order valence-corrected chi connectivity index (χ3v) is 4.78. The Balaban J connectivity index is 0.00000625. The third kappa shape index (κ3) is 10.8. The average Bonchev–Trinajstić information content (AvgIpc) is 2.56. The molecule has 0 radical (unpaired) electrons. The van der Waals surface area contributed by atoms with E-state index < -0.39 is 0 Å². The first-order chi connectivity index (χ1) is 12.0. The topological polar surface area (TPSA) is 46.6 Å². The monoisotopic (exact) mass is 430 g/mol. The summed E-state index contributed by atoms with van der Waals surface area (Å²) in [5.41, 5.74) is 0. The zero-order valence-corrected chi connectivity index (χ0v) is 18.0. The van der Waals surface area contributed by atoms with E-state index in [4.69, 9.17) is 4.74 Å². The highest BCUT2D eigenvalue weighted by Crippen LogP contribution is 2.11. The molecular formula is C20H35BrN2O3. The fraction of sp³-hybridized carbons (Fsp3) is 0.700. The van der Waals surface area contributed by atoms with Crippen molar-refractivity contribution >= 4 is 11.9 Å². The highest BCUT2D eigenvalue weighted by atomic mass is 79.9. The number of likely N-dealkylation sites (N-methyl/N-ethyl adjacent to an activating group) is 1. The van der Waals surface area contributed by atoms with E-state index in [-0.39, 0.29) is 28.9 Å². The molecule has 6 heteroatoms. The zero-order chi connectivity index (χ0) is 18.5. The first-order valence-corrected chi connectivity index (χ1v) is 9.50. The summed E-state index contributed by atoms with van der Waals surface area (Å²) in [5, 5.41) is 0. The van der Waals surface area contributed by atoms with Crippen LogP contribution in [0.15, 0.2) is 24.8 Å². The summed E-state index contributed by atoms with van der Waals surface area (Å²) in [7, 11) is 2.23. The summed E-state index contributed by atoms with van der Waals surface area (Å²) in [6.07, 6.45) is 12.1. The Morgan fingerprint density at radius 3 is 2.35 bits per heavy atom. The van der Waals surface area contributed by atoms with Gasteiger partial charge in [0, 0.05) is 6.92 Å². The van der Waals surface area contributed by atoms with Crippen LogP contribution < -0.4 is 17.0 Å². The molecule has 1 heterocycles. The van der Waals surface area contributed by atoms with Crippen LogP contribution in [0.25, 0.3) is 0 Å². The van der Waals surface area contributed by atoms with Crippen LogP contribution in [-0.2, 0) is 14.3 Å². The van der Waals surface area contributed by atoms with Crippen molar-refractivity contribution in [2.45, 2.75) is 45.4 Å². The Bertz CT molecular complexity index is 458. The quantitative estimate of drug-likeness (QED) is 0.151. The molecule has 1 aliphatic rings. The van der Waals surface area contributed by atoms with Gasteiger partial charge in [0.2, 0.25) is 5.91 Å². The second kappa shape index (κ2) is 14.0. The number of carbonyl (C=O) groups excluding carboxylic acids is 2. The van der Waals surface area contributed by atoms with Crippen LogP contribution >= 0.6 is 0 Å². The van der Waals surface area contributed by atoms with Gasteiger partial charge in [0.15, 0.2) is 0 Å². The number of hydrogen-bond donors (Lipinski definition) is 0. The van der Waals surface area contributed by atoms with E-state index >= 15 is 0 Å². The number of amides is 1. The molecule has 0 aromatic heterocycles. The molecule has 1 aliphatic heterocycles. The molecule has 0 bridgehead atoms. The minimum Gasteiger partial charge on any atom is -1.00 e. The van der Waals surface area contributed by atoms with Crippen molar-refractivity contribution in [2.24, 2.45) is 0 Å². The fourth-order valence-corrected chi connectivity index (χ4v) is 3.06. The maximum atomic E-state index is 12.2. The fourth-order valence-electron chi connectivity index (χ4n) is 3.06. The van der Waals surface area contributed by atoms with Gasteiger partial charge in [0.1, 0.15) is 0 Å². The van der Waals surface area contributed by atoms with E-state index in [0.29, 0.717) is 6.61 Å². The summed E-state index contributed by atoms with van der Waals surface area (Å²) >= 11 is 0. The lowest BCUT2D eigenvalue weighted by Crippen LogP contribution is -3.00. The van der Waals surface area contributed by atoms with E-state index in [1.165, 1.54) is 6.92 Å². The Morgan fingerprint density at radius 1 is 1.12 bits per heavy atom. The van der Waals surface area contributed by atoms with Gasteiger partial charge in [-0.05, 0) is 31.4 Å². The first-order valence-electron chi connectivity index (χ1n) is 9.50. The molecule has 26 heavy (non-hydrogen) atoms. The van der Waals surface area contributed by atoms with Crippen molar-refractivity contribution in [1.82, 2.24) is 4.90 Å². The summed E-state index contributed by atoms with van der Waals surface area (Å²) in [6.45, 7) is 10.4.